The molecule has 2 aromatic rings. The van der Waals surface area contributed by atoms with Crippen LogP contribution >= 0.6 is 0 Å². The SMILES string of the molecule is COc1ccc(C(CNC(=O)C(C)Oc2ccc(F)cc2)N2CCCC2)cc1. The molecule has 0 radical (unpaired) electrons. The Morgan fingerprint density at radius 2 is 1.68 bits per heavy atom. The molecule has 0 aromatic heterocycles. The van der Waals surface area contributed by atoms with Gasteiger partial charge in [-0.25, -0.2) is 4.39 Å². The molecule has 2 aromatic carbocycles. The van der Waals surface area contributed by atoms with Gasteiger partial charge in [0.15, 0.2) is 6.10 Å². The van der Waals surface area contributed by atoms with E-state index in [1.54, 1.807) is 14.0 Å². The molecule has 3 rings (SSSR count). The average Bonchev–Trinajstić information content (AvgIpc) is 3.24. The molecule has 1 heterocycles. The third kappa shape index (κ3) is 5.23. The highest BCUT2D eigenvalue weighted by Crippen LogP contribution is 2.26. The topological polar surface area (TPSA) is 50.8 Å². The van der Waals surface area contributed by atoms with E-state index in [0.717, 1.165) is 24.4 Å². The lowest BCUT2D eigenvalue weighted by Crippen LogP contribution is -2.42. The van der Waals surface area contributed by atoms with E-state index in [-0.39, 0.29) is 17.8 Å². The molecule has 1 saturated heterocycles. The Labute approximate surface area is 165 Å². The van der Waals surface area contributed by atoms with Crippen molar-refractivity contribution in [2.24, 2.45) is 0 Å². The summed E-state index contributed by atoms with van der Waals surface area (Å²) in [6.07, 6.45) is 1.68. The van der Waals surface area contributed by atoms with Crippen molar-refractivity contribution in [3.8, 4) is 11.5 Å². The molecule has 2 atom stereocenters. The molecule has 0 bridgehead atoms. The van der Waals surface area contributed by atoms with Crippen LogP contribution < -0.4 is 14.8 Å². The predicted molar refractivity (Wildman–Crippen MR) is 106 cm³/mol. The Kier molecular flexibility index (Phi) is 6.87. The van der Waals surface area contributed by atoms with Crippen LogP contribution in [0.25, 0.3) is 0 Å². The van der Waals surface area contributed by atoms with Gasteiger partial charge in [-0.1, -0.05) is 12.1 Å². The van der Waals surface area contributed by atoms with Crippen LogP contribution in [0.2, 0.25) is 0 Å². The van der Waals surface area contributed by atoms with Crippen LogP contribution in [0.3, 0.4) is 0 Å². The summed E-state index contributed by atoms with van der Waals surface area (Å²) >= 11 is 0. The fourth-order valence-corrected chi connectivity index (χ4v) is 3.45. The van der Waals surface area contributed by atoms with Gasteiger partial charge < -0.3 is 14.8 Å². The number of carbonyl (C=O) groups is 1. The molecular formula is C22H27FN2O3. The Morgan fingerprint density at radius 1 is 1.07 bits per heavy atom. The van der Waals surface area contributed by atoms with Gasteiger partial charge in [0.05, 0.1) is 13.2 Å². The average molecular weight is 386 g/mol. The van der Waals surface area contributed by atoms with E-state index in [0.29, 0.717) is 12.3 Å². The van der Waals surface area contributed by atoms with Crippen LogP contribution in [0.1, 0.15) is 31.4 Å². The van der Waals surface area contributed by atoms with Crippen LogP contribution in [0.15, 0.2) is 48.5 Å². The molecule has 1 aliphatic heterocycles. The fourth-order valence-electron chi connectivity index (χ4n) is 3.45. The van der Waals surface area contributed by atoms with Crippen LogP contribution in [0, 0.1) is 5.82 Å². The summed E-state index contributed by atoms with van der Waals surface area (Å²) in [6, 6.07) is 13.8. The molecule has 0 spiro atoms. The van der Waals surface area contributed by atoms with Crippen molar-refractivity contribution in [1.82, 2.24) is 10.2 Å². The van der Waals surface area contributed by atoms with Crippen LogP contribution in [0.5, 0.6) is 11.5 Å². The first kappa shape index (κ1) is 20.1. The second-order valence-electron chi connectivity index (χ2n) is 6.99. The Balaban J connectivity index is 1.61. The van der Waals surface area contributed by atoms with E-state index in [1.807, 2.05) is 24.3 Å². The minimum atomic E-state index is -0.666. The molecule has 1 N–H and O–H groups in total. The molecule has 150 valence electrons. The highest BCUT2D eigenvalue weighted by Gasteiger charge is 2.25. The van der Waals surface area contributed by atoms with Crippen LogP contribution in [-0.4, -0.2) is 43.7 Å². The van der Waals surface area contributed by atoms with Gasteiger partial charge in [-0.15, -0.1) is 0 Å². The predicted octanol–water partition coefficient (Wildman–Crippen LogP) is 3.55. The number of methoxy groups -OCH3 is 1. The first-order chi connectivity index (χ1) is 13.6. The van der Waals surface area contributed by atoms with Crippen molar-refractivity contribution in [2.75, 3.05) is 26.7 Å². The lowest BCUT2D eigenvalue weighted by atomic mass is 10.1. The second-order valence-corrected chi connectivity index (χ2v) is 6.99. The van der Waals surface area contributed by atoms with Crippen LogP contribution in [-0.2, 0) is 4.79 Å². The summed E-state index contributed by atoms with van der Waals surface area (Å²) in [6.45, 7) is 4.24. The van der Waals surface area contributed by atoms with Gasteiger partial charge in [0.25, 0.3) is 5.91 Å². The van der Waals surface area contributed by atoms with Gasteiger partial charge in [-0.3, -0.25) is 9.69 Å². The van der Waals surface area contributed by atoms with Crippen molar-refractivity contribution in [1.29, 1.82) is 0 Å². The maximum absolute atomic E-state index is 13.0. The number of benzene rings is 2. The van der Waals surface area contributed by atoms with Gasteiger partial charge in [0.2, 0.25) is 0 Å². The summed E-state index contributed by atoms with van der Waals surface area (Å²) in [5.41, 5.74) is 1.15. The highest BCUT2D eigenvalue weighted by atomic mass is 19.1. The number of nitrogens with zero attached hydrogens (tertiary/aromatic N) is 1. The number of amides is 1. The van der Waals surface area contributed by atoms with Crippen LogP contribution in [0.4, 0.5) is 4.39 Å². The zero-order chi connectivity index (χ0) is 19.9. The van der Waals surface area contributed by atoms with E-state index in [9.17, 15) is 9.18 Å². The standard InChI is InChI=1S/C22H27FN2O3/c1-16(28-20-11-7-18(23)8-12-20)22(26)24-15-21(25-13-3-4-14-25)17-5-9-19(27-2)10-6-17/h5-12,16,21H,3-4,13-15H2,1-2H3,(H,24,26). The lowest BCUT2D eigenvalue weighted by Gasteiger charge is -2.29. The number of carbonyl (C=O) groups excluding carboxylic acids is 1. The number of hydrogen-bond donors (Lipinski definition) is 1. The van der Waals surface area contributed by atoms with Gasteiger partial charge in [-0.05, 0) is 74.8 Å². The van der Waals surface area contributed by atoms with E-state index in [4.69, 9.17) is 9.47 Å². The maximum atomic E-state index is 13.0. The summed E-state index contributed by atoms with van der Waals surface area (Å²) < 4.78 is 23.9. The number of halogens is 1. The van der Waals surface area contributed by atoms with E-state index in [1.165, 1.54) is 37.1 Å². The quantitative estimate of drug-likeness (QED) is 0.754. The zero-order valence-corrected chi connectivity index (χ0v) is 16.4. The first-order valence-corrected chi connectivity index (χ1v) is 9.65. The van der Waals surface area contributed by atoms with Gasteiger partial charge in [-0.2, -0.15) is 0 Å². The molecule has 28 heavy (non-hydrogen) atoms. The summed E-state index contributed by atoms with van der Waals surface area (Å²) in [7, 11) is 1.65. The maximum Gasteiger partial charge on any atom is 0.260 e. The van der Waals surface area contributed by atoms with Crippen molar-refractivity contribution in [2.45, 2.75) is 31.9 Å². The van der Waals surface area contributed by atoms with Gasteiger partial charge in [0.1, 0.15) is 17.3 Å². The number of nitrogens with one attached hydrogen (secondary N) is 1. The highest BCUT2D eigenvalue weighted by molar-refractivity contribution is 5.80. The molecule has 0 saturated carbocycles. The van der Waals surface area contributed by atoms with Crippen molar-refractivity contribution < 1.29 is 18.7 Å². The molecule has 1 amide bonds. The summed E-state index contributed by atoms with van der Waals surface area (Å²) in [5.74, 6) is 0.754. The molecular weight excluding hydrogens is 359 g/mol. The van der Waals surface area contributed by atoms with Crippen molar-refractivity contribution in [3.63, 3.8) is 0 Å². The first-order valence-electron chi connectivity index (χ1n) is 9.65. The Hall–Kier alpha value is -2.60. The summed E-state index contributed by atoms with van der Waals surface area (Å²) in [5, 5.41) is 3.01. The summed E-state index contributed by atoms with van der Waals surface area (Å²) in [4.78, 5) is 14.9. The van der Waals surface area contributed by atoms with E-state index in [2.05, 4.69) is 10.2 Å². The Bertz CT molecular complexity index is 758. The number of hydrogen-bond acceptors (Lipinski definition) is 4. The third-order valence-electron chi connectivity index (χ3n) is 5.05. The molecule has 5 nitrogen and oxygen atoms in total. The minimum Gasteiger partial charge on any atom is -0.497 e. The fraction of sp³-hybridized carbons (Fsp3) is 0.409. The molecule has 6 heteroatoms. The zero-order valence-electron chi connectivity index (χ0n) is 16.4. The monoisotopic (exact) mass is 386 g/mol. The number of likely N-dealkylation sites (tertiary alicyclic amines) is 1. The van der Waals surface area contributed by atoms with Crippen molar-refractivity contribution >= 4 is 5.91 Å². The molecule has 0 aliphatic carbocycles. The number of ether oxygens (including phenoxy) is 2. The molecule has 1 fully saturated rings. The normalized spacial score (nSPS) is 16.4. The minimum absolute atomic E-state index is 0.107. The van der Waals surface area contributed by atoms with Gasteiger partial charge >= 0.3 is 0 Å². The van der Waals surface area contributed by atoms with E-state index < -0.39 is 6.10 Å². The molecule has 2 unspecified atom stereocenters. The number of rotatable bonds is 8. The van der Waals surface area contributed by atoms with E-state index >= 15 is 0 Å². The Morgan fingerprint density at radius 3 is 2.29 bits per heavy atom. The lowest BCUT2D eigenvalue weighted by molar-refractivity contribution is -0.127. The van der Waals surface area contributed by atoms with Gasteiger partial charge in [0, 0.05) is 6.54 Å². The third-order valence-corrected chi connectivity index (χ3v) is 5.05. The smallest absolute Gasteiger partial charge is 0.260 e. The second kappa shape index (κ2) is 9.55. The van der Waals surface area contributed by atoms with Crippen molar-refractivity contribution in [3.05, 3.63) is 59.9 Å². The largest absolute Gasteiger partial charge is 0.497 e. The molecule has 1 aliphatic rings.